The van der Waals surface area contributed by atoms with Crippen LogP contribution in [0.3, 0.4) is 0 Å². The van der Waals surface area contributed by atoms with Crippen molar-refractivity contribution in [2.24, 2.45) is 11.7 Å². The van der Waals surface area contributed by atoms with E-state index in [1.165, 1.54) is 11.6 Å². The van der Waals surface area contributed by atoms with Gasteiger partial charge in [0.2, 0.25) is 10.0 Å². The lowest BCUT2D eigenvalue weighted by atomic mass is 9.84. The molecule has 2 unspecified atom stereocenters. The predicted octanol–water partition coefficient (Wildman–Crippen LogP) is 2.39. The van der Waals surface area contributed by atoms with Gasteiger partial charge in [-0.1, -0.05) is 30.3 Å². The Bertz CT molecular complexity index is 1050. The summed E-state index contributed by atoms with van der Waals surface area (Å²) in [6.45, 7) is 1.27. The Kier molecular flexibility index (Phi) is 5.40. The average molecular weight is 446 g/mol. The number of hydrogen-bond acceptors (Lipinski definition) is 5. The molecule has 2 heterocycles. The van der Waals surface area contributed by atoms with E-state index in [4.69, 9.17) is 10.5 Å². The molecule has 0 aromatic heterocycles. The molecule has 31 heavy (non-hydrogen) atoms. The summed E-state index contributed by atoms with van der Waals surface area (Å²) in [5.41, 5.74) is 8.95. The molecule has 0 amide bonds. The lowest BCUT2D eigenvalue weighted by Crippen LogP contribution is -2.60. The predicted molar refractivity (Wildman–Crippen MR) is 118 cm³/mol. The number of anilines is 1. The molecule has 2 aromatic rings. The number of benzene rings is 2. The first-order chi connectivity index (χ1) is 14.9. The van der Waals surface area contributed by atoms with Crippen LogP contribution in [0.4, 0.5) is 10.1 Å². The van der Waals surface area contributed by atoms with E-state index in [0.717, 1.165) is 24.8 Å². The van der Waals surface area contributed by atoms with Gasteiger partial charge in [0, 0.05) is 36.7 Å². The highest BCUT2D eigenvalue weighted by Gasteiger charge is 2.36. The van der Waals surface area contributed by atoms with E-state index in [1.807, 2.05) is 29.2 Å². The maximum atomic E-state index is 14.9. The standard InChI is InChI=1S/C23H28FN3O3S/c24-20-10-23-19(18(21(25)13-30-23)8-15-4-2-1-3-5-15)9-22(20)27-11-17(12-27)26-31(28,29)14-16-6-7-16/h1-5,9-10,16-18,21,26H,6-8,11-14,25H2. The largest absolute Gasteiger partial charge is 0.492 e. The molecule has 3 N–H and O–H groups in total. The van der Waals surface area contributed by atoms with Crippen molar-refractivity contribution in [2.45, 2.75) is 37.3 Å². The van der Waals surface area contributed by atoms with E-state index in [-0.39, 0.29) is 29.6 Å². The van der Waals surface area contributed by atoms with Crippen LogP contribution in [0.2, 0.25) is 0 Å². The van der Waals surface area contributed by atoms with Crippen LogP contribution in [0.15, 0.2) is 42.5 Å². The van der Waals surface area contributed by atoms with Crippen LogP contribution in [0.1, 0.15) is 29.9 Å². The maximum Gasteiger partial charge on any atom is 0.212 e. The molecule has 166 valence electrons. The Hall–Kier alpha value is -2.16. The third-order valence-corrected chi connectivity index (χ3v) is 8.05. The fourth-order valence-electron chi connectivity index (χ4n) is 4.53. The molecule has 1 aliphatic carbocycles. The Morgan fingerprint density at radius 1 is 1.16 bits per heavy atom. The van der Waals surface area contributed by atoms with Crippen LogP contribution in [-0.4, -0.2) is 46.0 Å². The number of halogens is 1. The third-order valence-electron chi connectivity index (χ3n) is 6.45. The number of hydrogen-bond donors (Lipinski definition) is 2. The van der Waals surface area contributed by atoms with Gasteiger partial charge in [0.15, 0.2) is 0 Å². The van der Waals surface area contributed by atoms with E-state index >= 15 is 0 Å². The van der Waals surface area contributed by atoms with Crippen LogP contribution in [0.5, 0.6) is 5.75 Å². The van der Waals surface area contributed by atoms with Gasteiger partial charge in [-0.2, -0.15) is 0 Å². The van der Waals surface area contributed by atoms with E-state index in [0.29, 0.717) is 37.1 Å². The average Bonchev–Trinajstić information content (AvgIpc) is 3.51. The summed E-state index contributed by atoms with van der Waals surface area (Å²) in [6, 6.07) is 13.0. The summed E-state index contributed by atoms with van der Waals surface area (Å²) < 4.78 is 47.7. The molecule has 2 aliphatic heterocycles. The van der Waals surface area contributed by atoms with Gasteiger partial charge in [-0.05, 0) is 36.8 Å². The van der Waals surface area contributed by atoms with Gasteiger partial charge in [-0.15, -0.1) is 0 Å². The van der Waals surface area contributed by atoms with Gasteiger partial charge in [0.05, 0.1) is 17.5 Å². The highest BCUT2D eigenvalue weighted by molar-refractivity contribution is 7.89. The van der Waals surface area contributed by atoms with Crippen molar-refractivity contribution in [1.82, 2.24) is 4.72 Å². The number of nitrogens with zero attached hydrogens (tertiary/aromatic N) is 1. The summed E-state index contributed by atoms with van der Waals surface area (Å²) >= 11 is 0. The molecular formula is C23H28FN3O3S. The smallest absolute Gasteiger partial charge is 0.212 e. The summed E-state index contributed by atoms with van der Waals surface area (Å²) in [7, 11) is -3.27. The van der Waals surface area contributed by atoms with Crippen LogP contribution in [0, 0.1) is 11.7 Å². The van der Waals surface area contributed by atoms with Crippen LogP contribution in [-0.2, 0) is 16.4 Å². The maximum absolute atomic E-state index is 14.9. The zero-order valence-corrected chi connectivity index (χ0v) is 18.2. The molecule has 8 heteroatoms. The quantitative estimate of drug-likeness (QED) is 0.684. The van der Waals surface area contributed by atoms with Crippen LogP contribution >= 0.6 is 0 Å². The molecule has 0 bridgehead atoms. The summed E-state index contributed by atoms with van der Waals surface area (Å²) in [5, 5.41) is 0. The normalized spacial score (nSPS) is 23.7. The number of sulfonamides is 1. The van der Waals surface area contributed by atoms with Gasteiger partial charge in [-0.25, -0.2) is 17.5 Å². The topological polar surface area (TPSA) is 84.7 Å². The minimum Gasteiger partial charge on any atom is -0.492 e. The number of nitrogens with one attached hydrogen (secondary N) is 1. The second-order valence-electron chi connectivity index (χ2n) is 9.06. The highest BCUT2D eigenvalue weighted by atomic mass is 32.2. The van der Waals surface area contributed by atoms with Gasteiger partial charge in [0.1, 0.15) is 18.2 Å². The van der Waals surface area contributed by atoms with E-state index in [1.54, 1.807) is 0 Å². The van der Waals surface area contributed by atoms with Gasteiger partial charge in [-0.3, -0.25) is 0 Å². The van der Waals surface area contributed by atoms with E-state index in [2.05, 4.69) is 16.9 Å². The fraction of sp³-hybridized carbons (Fsp3) is 0.478. The van der Waals surface area contributed by atoms with Crippen molar-refractivity contribution in [3.05, 3.63) is 59.4 Å². The number of fused-ring (bicyclic) bond motifs is 1. The molecule has 2 atom stereocenters. The van der Waals surface area contributed by atoms with Crippen molar-refractivity contribution in [1.29, 1.82) is 0 Å². The Morgan fingerprint density at radius 3 is 2.61 bits per heavy atom. The molecule has 1 saturated carbocycles. The number of ether oxygens (including phenoxy) is 1. The van der Waals surface area contributed by atoms with Gasteiger partial charge in [0.25, 0.3) is 0 Å². The monoisotopic (exact) mass is 445 g/mol. The second-order valence-corrected chi connectivity index (χ2v) is 10.9. The lowest BCUT2D eigenvalue weighted by molar-refractivity contribution is 0.237. The van der Waals surface area contributed by atoms with E-state index in [9.17, 15) is 12.8 Å². The zero-order valence-electron chi connectivity index (χ0n) is 17.3. The highest BCUT2D eigenvalue weighted by Crippen LogP contribution is 2.40. The third kappa shape index (κ3) is 4.56. The van der Waals surface area contributed by atoms with E-state index < -0.39 is 10.0 Å². The van der Waals surface area contributed by atoms with Crippen LogP contribution < -0.4 is 20.1 Å². The first-order valence-electron chi connectivity index (χ1n) is 10.9. The van der Waals surface area contributed by atoms with Gasteiger partial charge >= 0.3 is 0 Å². The fourth-order valence-corrected chi connectivity index (χ4v) is 6.23. The van der Waals surface area contributed by atoms with Crippen molar-refractivity contribution in [3.63, 3.8) is 0 Å². The molecule has 0 radical (unpaired) electrons. The molecular weight excluding hydrogens is 417 g/mol. The molecule has 3 aliphatic rings. The summed E-state index contributed by atoms with van der Waals surface area (Å²) in [6.07, 6.45) is 2.74. The van der Waals surface area contributed by atoms with Crippen molar-refractivity contribution < 1.29 is 17.5 Å². The van der Waals surface area contributed by atoms with Crippen molar-refractivity contribution >= 4 is 15.7 Å². The Balaban J connectivity index is 1.32. The molecule has 1 saturated heterocycles. The summed E-state index contributed by atoms with van der Waals surface area (Å²) in [4.78, 5) is 1.87. The van der Waals surface area contributed by atoms with Crippen LogP contribution in [0.25, 0.3) is 0 Å². The first-order valence-corrected chi connectivity index (χ1v) is 12.5. The minimum absolute atomic E-state index is 0.0274. The number of nitrogens with two attached hydrogens (primary N) is 1. The first kappa shape index (κ1) is 20.7. The lowest BCUT2D eigenvalue weighted by Gasteiger charge is -2.42. The zero-order chi connectivity index (χ0) is 21.6. The molecule has 6 nitrogen and oxygen atoms in total. The number of rotatable bonds is 7. The van der Waals surface area contributed by atoms with Crippen molar-refractivity contribution in [3.8, 4) is 5.75 Å². The SMILES string of the molecule is NC1COc2cc(F)c(N3CC(NS(=O)(=O)CC4CC4)C3)cc2C1Cc1ccccc1. The molecule has 2 fully saturated rings. The molecule has 5 rings (SSSR count). The second kappa shape index (κ2) is 8.07. The van der Waals surface area contributed by atoms with Crippen molar-refractivity contribution in [2.75, 3.05) is 30.3 Å². The minimum atomic E-state index is -3.27. The molecule has 0 spiro atoms. The Morgan fingerprint density at radius 2 is 1.90 bits per heavy atom. The van der Waals surface area contributed by atoms with Gasteiger partial charge < -0.3 is 15.4 Å². The Labute approximate surface area is 182 Å². The summed E-state index contributed by atoms with van der Waals surface area (Å²) in [5.74, 6) is 0.725. The molecule has 2 aromatic carbocycles.